The van der Waals surface area contributed by atoms with Crippen LogP contribution >= 0.6 is 0 Å². The van der Waals surface area contributed by atoms with Gasteiger partial charge in [0.2, 0.25) is 12.1 Å². The Morgan fingerprint density at radius 1 is 1.34 bits per heavy atom. The highest BCUT2D eigenvalue weighted by molar-refractivity contribution is 6.06. The highest BCUT2D eigenvalue weighted by Crippen LogP contribution is 2.49. The summed E-state index contributed by atoms with van der Waals surface area (Å²) in [6, 6.07) is 12.0. The zero-order valence-corrected chi connectivity index (χ0v) is 16.2. The zero-order valence-electron chi connectivity index (χ0n) is 16.2. The third-order valence-corrected chi connectivity index (χ3v) is 5.66. The number of aliphatic imine (C=N–C) groups is 1. The van der Waals surface area contributed by atoms with Gasteiger partial charge < -0.3 is 20.1 Å². The van der Waals surface area contributed by atoms with E-state index in [4.69, 9.17) is 20.6 Å². The van der Waals surface area contributed by atoms with Crippen LogP contribution in [0.3, 0.4) is 0 Å². The molecule has 3 aliphatic rings. The number of hydrogen-bond acceptors (Lipinski definition) is 6. The van der Waals surface area contributed by atoms with Crippen LogP contribution in [0.15, 0.2) is 41.4 Å². The predicted octanol–water partition coefficient (Wildman–Crippen LogP) is 1.26. The van der Waals surface area contributed by atoms with Crippen molar-refractivity contribution in [3.8, 4) is 11.5 Å². The molecule has 0 bridgehead atoms. The van der Waals surface area contributed by atoms with E-state index in [1.807, 2.05) is 29.6 Å². The van der Waals surface area contributed by atoms with Crippen molar-refractivity contribution < 1.29 is 14.8 Å². The minimum Gasteiger partial charge on any atom is -0.495 e. The first-order valence-electron chi connectivity index (χ1n) is 9.86. The van der Waals surface area contributed by atoms with E-state index in [0.717, 1.165) is 47.2 Å². The van der Waals surface area contributed by atoms with Gasteiger partial charge in [-0.3, -0.25) is 16.5 Å². The first-order chi connectivity index (χ1) is 14.1. The fourth-order valence-electron chi connectivity index (χ4n) is 4.10. The smallest absolute Gasteiger partial charge is 0.238 e. The summed E-state index contributed by atoms with van der Waals surface area (Å²) in [5.41, 5.74) is 10.1. The van der Waals surface area contributed by atoms with Crippen LogP contribution < -0.4 is 31.2 Å². The number of fused-ring (bicyclic) bond motifs is 2. The average Bonchev–Trinajstić information content (AvgIpc) is 3.54. The quantitative estimate of drug-likeness (QED) is 0.397. The molecule has 0 spiro atoms. The van der Waals surface area contributed by atoms with Gasteiger partial charge in [-0.15, -0.1) is 0 Å². The second kappa shape index (κ2) is 7.06. The summed E-state index contributed by atoms with van der Waals surface area (Å²) in [6.07, 6.45) is 0.567. The van der Waals surface area contributed by atoms with Gasteiger partial charge >= 0.3 is 0 Å². The largest absolute Gasteiger partial charge is 0.495 e. The van der Waals surface area contributed by atoms with Crippen molar-refractivity contribution in [2.45, 2.75) is 18.6 Å². The number of amidine groups is 2. The molecule has 1 fully saturated rings. The maximum atomic E-state index is 8.58. The molecule has 2 aliphatic heterocycles. The summed E-state index contributed by atoms with van der Waals surface area (Å²) in [7, 11) is 1.63. The number of benzene rings is 2. The molecule has 3 unspecified atom stereocenters. The molecule has 8 nitrogen and oxygen atoms in total. The molecule has 2 heterocycles. The van der Waals surface area contributed by atoms with E-state index in [9.17, 15) is 0 Å². The maximum Gasteiger partial charge on any atom is 0.238 e. The van der Waals surface area contributed by atoms with Gasteiger partial charge in [0.25, 0.3) is 0 Å². The normalized spacial score (nSPS) is 25.7. The Kier molecular flexibility index (Phi) is 4.37. The standard InChI is InChI=1S/C21H24N6O2/c1-28-17-4-2-3-12-18(17)25-21(23)27-20(12)26-19(22)14-10-13(14)11-5-6-16-15(9-11)24-7-8-29-16/h2-6,9,13-14,21,24-25H,7-8,10,23H2,1H3,(H2,22,26,27)/p+1. The van der Waals surface area contributed by atoms with Crippen molar-refractivity contribution in [1.29, 1.82) is 5.41 Å². The fraction of sp³-hybridized carbons (Fsp3) is 0.333. The van der Waals surface area contributed by atoms with Crippen molar-refractivity contribution >= 4 is 23.0 Å². The lowest BCUT2D eigenvalue weighted by atomic mass is 10.1. The molecular formula is C21H25N6O2+. The summed E-state index contributed by atoms with van der Waals surface area (Å²) in [6.45, 7) is 1.52. The van der Waals surface area contributed by atoms with Gasteiger partial charge in [-0.25, -0.2) is 0 Å². The van der Waals surface area contributed by atoms with Crippen molar-refractivity contribution in [2.75, 3.05) is 30.9 Å². The number of methoxy groups -OCH3 is 1. The number of hydrogen-bond donors (Lipinski definition) is 5. The SMILES string of the molecule is COc1cccc2c1NC(N)[NH2+]C2=NC(=N)C1CC1c1ccc2c(c1)NCCO2. The van der Waals surface area contributed by atoms with E-state index < -0.39 is 0 Å². The number of ether oxygens (including phenoxy) is 2. The summed E-state index contributed by atoms with van der Waals surface area (Å²) in [5, 5.41) is 17.0. The first kappa shape index (κ1) is 18.0. The van der Waals surface area contributed by atoms with E-state index in [-0.39, 0.29) is 12.2 Å². The fourth-order valence-corrected chi connectivity index (χ4v) is 4.10. The van der Waals surface area contributed by atoms with Crippen LogP contribution in [0.5, 0.6) is 11.5 Å². The molecule has 5 rings (SSSR count). The third-order valence-electron chi connectivity index (χ3n) is 5.66. The second-order valence-corrected chi connectivity index (χ2v) is 7.58. The number of nitrogens with two attached hydrogens (primary N) is 2. The van der Waals surface area contributed by atoms with Crippen LogP contribution in [0.4, 0.5) is 11.4 Å². The topological polar surface area (TPSA) is 121 Å². The van der Waals surface area contributed by atoms with Crippen LogP contribution in [-0.4, -0.2) is 38.2 Å². The lowest BCUT2D eigenvalue weighted by Crippen LogP contribution is -2.99. The zero-order chi connectivity index (χ0) is 20.0. The Hall–Kier alpha value is -3.10. The van der Waals surface area contributed by atoms with Crippen LogP contribution in [0.2, 0.25) is 0 Å². The molecule has 1 saturated carbocycles. The molecule has 1 aliphatic carbocycles. The molecule has 8 heteroatoms. The molecule has 0 amide bonds. The minimum absolute atomic E-state index is 0.124. The van der Waals surface area contributed by atoms with E-state index in [1.54, 1.807) is 7.11 Å². The van der Waals surface area contributed by atoms with Gasteiger partial charge in [0.05, 0.1) is 24.0 Å². The lowest BCUT2D eigenvalue weighted by Gasteiger charge is -2.24. The van der Waals surface area contributed by atoms with Gasteiger partial charge in [0.15, 0.2) is 0 Å². The molecule has 29 heavy (non-hydrogen) atoms. The third kappa shape index (κ3) is 3.30. The molecule has 3 atom stereocenters. The van der Waals surface area contributed by atoms with Crippen molar-refractivity contribution in [3.63, 3.8) is 0 Å². The Labute approximate surface area is 169 Å². The first-order valence-corrected chi connectivity index (χ1v) is 9.86. The van der Waals surface area contributed by atoms with Gasteiger partial charge in [0, 0.05) is 12.5 Å². The van der Waals surface area contributed by atoms with E-state index in [0.29, 0.717) is 18.4 Å². The molecule has 7 N–H and O–H groups in total. The molecular weight excluding hydrogens is 368 g/mol. The van der Waals surface area contributed by atoms with E-state index in [2.05, 4.69) is 27.8 Å². The van der Waals surface area contributed by atoms with Crippen LogP contribution in [0.25, 0.3) is 0 Å². The second-order valence-electron chi connectivity index (χ2n) is 7.58. The number of rotatable bonds is 3. The number of nitrogens with zero attached hydrogens (tertiary/aromatic N) is 1. The van der Waals surface area contributed by atoms with Gasteiger partial charge in [-0.1, -0.05) is 12.1 Å². The number of anilines is 2. The average molecular weight is 393 g/mol. The Morgan fingerprint density at radius 3 is 3.10 bits per heavy atom. The van der Waals surface area contributed by atoms with Crippen LogP contribution in [-0.2, 0) is 0 Å². The number of para-hydroxylation sites is 1. The van der Waals surface area contributed by atoms with Gasteiger partial charge in [-0.2, -0.15) is 4.99 Å². The molecule has 0 saturated heterocycles. The number of nitrogens with one attached hydrogen (secondary N) is 3. The van der Waals surface area contributed by atoms with Crippen molar-refractivity contribution in [2.24, 2.45) is 16.6 Å². The Balaban J connectivity index is 1.37. The number of quaternary nitrogens is 1. The highest BCUT2D eigenvalue weighted by Gasteiger charge is 2.43. The molecule has 2 aromatic carbocycles. The summed E-state index contributed by atoms with van der Waals surface area (Å²) < 4.78 is 11.1. The maximum absolute atomic E-state index is 8.58. The molecule has 0 aromatic heterocycles. The minimum atomic E-state index is -0.368. The van der Waals surface area contributed by atoms with Crippen LogP contribution in [0, 0.1) is 11.3 Å². The summed E-state index contributed by atoms with van der Waals surface area (Å²) in [5.74, 6) is 3.18. The van der Waals surface area contributed by atoms with Crippen molar-refractivity contribution in [3.05, 3.63) is 47.5 Å². The molecule has 0 radical (unpaired) electrons. The summed E-state index contributed by atoms with van der Waals surface area (Å²) >= 11 is 0. The van der Waals surface area contributed by atoms with Crippen LogP contribution in [0.1, 0.15) is 23.5 Å². The Morgan fingerprint density at radius 2 is 2.24 bits per heavy atom. The van der Waals surface area contributed by atoms with E-state index >= 15 is 0 Å². The van der Waals surface area contributed by atoms with Gasteiger partial charge in [-0.05, 0) is 42.2 Å². The predicted molar refractivity (Wildman–Crippen MR) is 112 cm³/mol. The monoisotopic (exact) mass is 393 g/mol. The van der Waals surface area contributed by atoms with Gasteiger partial charge in [0.1, 0.15) is 23.9 Å². The van der Waals surface area contributed by atoms with E-state index in [1.165, 1.54) is 5.56 Å². The molecule has 150 valence electrons. The Bertz CT molecular complexity index is 1000. The summed E-state index contributed by atoms with van der Waals surface area (Å²) in [4.78, 5) is 4.66. The molecule has 2 aromatic rings. The van der Waals surface area contributed by atoms with Crippen molar-refractivity contribution in [1.82, 2.24) is 0 Å². The highest BCUT2D eigenvalue weighted by atomic mass is 16.5. The lowest BCUT2D eigenvalue weighted by molar-refractivity contribution is -0.573.